The van der Waals surface area contributed by atoms with E-state index in [1.165, 1.54) is 22.8 Å². The summed E-state index contributed by atoms with van der Waals surface area (Å²) in [7, 11) is 0. The fourth-order valence-electron chi connectivity index (χ4n) is 5.15. The molecular weight excluding hydrogens is 459 g/mol. The molecule has 3 aliphatic rings. The summed E-state index contributed by atoms with van der Waals surface area (Å²) in [4.78, 5) is 6.98. The number of allylic oxidation sites excluding steroid dienone is 12. The minimum absolute atomic E-state index is 0.311. The van der Waals surface area contributed by atoms with Gasteiger partial charge in [0.2, 0.25) is 0 Å². The van der Waals surface area contributed by atoms with Crippen LogP contribution in [0.2, 0.25) is 0 Å². The number of rotatable bonds is 5. The average Bonchev–Trinajstić information content (AvgIpc) is 3.12. The zero-order chi connectivity index (χ0) is 25.8. The molecule has 0 saturated heterocycles. The van der Waals surface area contributed by atoms with Crippen molar-refractivity contribution < 1.29 is 4.39 Å². The number of aromatic nitrogens is 3. The molecule has 0 saturated carbocycles. The lowest BCUT2D eigenvalue weighted by Gasteiger charge is -2.24. The summed E-state index contributed by atoms with van der Waals surface area (Å²) in [5.41, 5.74) is 9.11. The number of hydrogen-bond donors (Lipinski definition) is 1. The Kier molecular flexibility index (Phi) is 7.61. The van der Waals surface area contributed by atoms with Gasteiger partial charge in [0.15, 0.2) is 0 Å². The number of pyridine rings is 1. The third-order valence-corrected chi connectivity index (χ3v) is 7.33. The van der Waals surface area contributed by atoms with Gasteiger partial charge >= 0.3 is 0 Å². The van der Waals surface area contributed by atoms with Crippen LogP contribution in [0.5, 0.6) is 0 Å². The number of halogens is 1. The number of aromatic amines is 1. The van der Waals surface area contributed by atoms with Crippen molar-refractivity contribution in [3.05, 3.63) is 112 Å². The molecule has 2 aromatic heterocycles. The fraction of sp³-hybridized carbons (Fsp3) is 0.312. The number of nitrogens with one attached hydrogen (secondary N) is 1. The second-order valence-corrected chi connectivity index (χ2v) is 10.2. The lowest BCUT2D eigenvalue weighted by molar-refractivity contribution is 0.233. The first-order valence-corrected chi connectivity index (χ1v) is 13.3. The highest BCUT2D eigenvalue weighted by Crippen LogP contribution is 2.31. The van der Waals surface area contributed by atoms with E-state index in [2.05, 4.69) is 88.6 Å². The van der Waals surface area contributed by atoms with Crippen molar-refractivity contribution in [2.45, 2.75) is 52.5 Å². The molecule has 0 spiro atoms. The Morgan fingerprint density at radius 1 is 1.03 bits per heavy atom. The molecule has 5 heteroatoms. The van der Waals surface area contributed by atoms with E-state index >= 15 is 0 Å². The van der Waals surface area contributed by atoms with E-state index in [0.717, 1.165) is 55.6 Å². The van der Waals surface area contributed by atoms with E-state index in [9.17, 15) is 4.39 Å². The summed E-state index contributed by atoms with van der Waals surface area (Å²) < 4.78 is 13.8. The Morgan fingerprint density at radius 3 is 2.73 bits per heavy atom. The molecule has 0 radical (unpaired) electrons. The number of aryl methyl sites for hydroxylation is 1. The van der Waals surface area contributed by atoms with Crippen molar-refractivity contribution >= 4 is 5.57 Å². The van der Waals surface area contributed by atoms with Gasteiger partial charge in [-0.25, -0.2) is 9.37 Å². The molecule has 2 aliphatic carbocycles. The number of fused-ring (bicyclic) bond motifs is 1. The number of hydrogen-bond acceptors (Lipinski definition) is 3. The van der Waals surface area contributed by atoms with Gasteiger partial charge in [-0.05, 0) is 80.9 Å². The summed E-state index contributed by atoms with van der Waals surface area (Å²) in [6, 6.07) is 3.73. The van der Waals surface area contributed by atoms with Crippen molar-refractivity contribution in [1.82, 2.24) is 20.1 Å². The number of nitrogens with zero attached hydrogens (tertiary/aromatic N) is 3. The van der Waals surface area contributed by atoms with E-state index in [-0.39, 0.29) is 5.82 Å². The summed E-state index contributed by atoms with van der Waals surface area (Å²) >= 11 is 0. The topological polar surface area (TPSA) is 44.8 Å². The van der Waals surface area contributed by atoms with Crippen molar-refractivity contribution in [3.63, 3.8) is 0 Å². The average molecular weight is 495 g/mol. The van der Waals surface area contributed by atoms with Gasteiger partial charge in [-0.3, -0.25) is 5.10 Å². The van der Waals surface area contributed by atoms with Gasteiger partial charge in [0, 0.05) is 30.9 Å². The predicted molar refractivity (Wildman–Crippen MR) is 150 cm³/mol. The molecule has 4 nitrogen and oxygen atoms in total. The summed E-state index contributed by atoms with van der Waals surface area (Å²) in [5, 5.41) is 7.38. The van der Waals surface area contributed by atoms with Gasteiger partial charge in [-0.2, -0.15) is 5.10 Å². The first kappa shape index (κ1) is 25.1. The smallest absolute Gasteiger partial charge is 0.144 e. The fourth-order valence-corrected chi connectivity index (χ4v) is 5.15. The standard InChI is InChI=1S/C32H35FN4/c1-22(2)37-17-6-8-24(16-18-37)19-25-7-4-9-26-12-13-27(10-5-11-28(26)20-25)29-21-34-36-32(29)31-15-14-30(33)23(3)35-31/h5,7-15,20-22H,4,6,16-19H2,1-3H3,(H,34,36)/b11-5+,13-12-,27-10-. The van der Waals surface area contributed by atoms with Crippen LogP contribution in [0.3, 0.4) is 0 Å². The van der Waals surface area contributed by atoms with Crippen LogP contribution in [0.4, 0.5) is 4.39 Å². The molecule has 0 amide bonds. The van der Waals surface area contributed by atoms with Crippen LogP contribution in [0.25, 0.3) is 17.0 Å². The summed E-state index contributed by atoms with van der Waals surface area (Å²) in [6.45, 7) is 8.56. The Balaban J connectivity index is 1.35. The van der Waals surface area contributed by atoms with Crippen molar-refractivity contribution in [2.75, 3.05) is 13.1 Å². The Hall–Kier alpha value is -3.57. The van der Waals surface area contributed by atoms with Crippen LogP contribution >= 0.6 is 0 Å². The van der Waals surface area contributed by atoms with Crippen LogP contribution in [-0.4, -0.2) is 39.2 Å². The largest absolute Gasteiger partial charge is 0.300 e. The first-order chi connectivity index (χ1) is 18.0. The molecule has 3 heterocycles. The Labute approximate surface area is 219 Å². The third-order valence-electron chi connectivity index (χ3n) is 7.33. The van der Waals surface area contributed by atoms with Crippen LogP contribution in [-0.2, 0) is 0 Å². The second kappa shape index (κ2) is 11.2. The quantitative estimate of drug-likeness (QED) is 0.440. The molecule has 5 rings (SSSR count). The highest BCUT2D eigenvalue weighted by Gasteiger charge is 2.16. The van der Waals surface area contributed by atoms with Gasteiger partial charge < -0.3 is 4.90 Å². The zero-order valence-corrected chi connectivity index (χ0v) is 22.0. The van der Waals surface area contributed by atoms with E-state index in [1.54, 1.807) is 18.6 Å². The van der Waals surface area contributed by atoms with Crippen molar-refractivity contribution in [3.8, 4) is 11.4 Å². The Morgan fingerprint density at radius 2 is 1.89 bits per heavy atom. The minimum Gasteiger partial charge on any atom is -0.300 e. The zero-order valence-electron chi connectivity index (χ0n) is 22.0. The molecule has 0 atom stereocenters. The lowest BCUT2D eigenvalue weighted by Crippen LogP contribution is -2.31. The van der Waals surface area contributed by atoms with Gasteiger partial charge in [0.25, 0.3) is 0 Å². The highest BCUT2D eigenvalue weighted by atomic mass is 19.1. The van der Waals surface area contributed by atoms with Crippen LogP contribution in [0, 0.1) is 12.7 Å². The normalized spacial score (nSPS) is 21.7. The van der Waals surface area contributed by atoms with Crippen LogP contribution in [0.15, 0.2) is 95.3 Å². The molecule has 0 bridgehead atoms. The van der Waals surface area contributed by atoms with E-state index in [4.69, 9.17) is 0 Å². The maximum Gasteiger partial charge on any atom is 0.144 e. The Bertz CT molecular complexity index is 1380. The van der Waals surface area contributed by atoms with Gasteiger partial charge in [0.05, 0.1) is 11.4 Å². The third kappa shape index (κ3) is 5.89. The maximum atomic E-state index is 13.8. The molecular formula is C32H35FN4. The van der Waals surface area contributed by atoms with Crippen LogP contribution in [0.1, 0.15) is 50.8 Å². The monoisotopic (exact) mass is 494 g/mol. The highest BCUT2D eigenvalue weighted by molar-refractivity contribution is 5.84. The molecule has 0 aromatic carbocycles. The molecule has 1 N–H and O–H groups in total. The molecule has 37 heavy (non-hydrogen) atoms. The van der Waals surface area contributed by atoms with Crippen molar-refractivity contribution in [1.29, 1.82) is 0 Å². The summed E-state index contributed by atoms with van der Waals surface area (Å²) in [5.74, 6) is -0.311. The SMILES string of the molecule is Cc1nc(-c2n[nH]cc2C2=C\C=C\C3=CC(CC4=CCCN(C(C)C)CC4)=CCC=C3/C=C\2)ccc1F. The van der Waals surface area contributed by atoms with E-state index in [1.807, 2.05) is 6.20 Å². The molecule has 1 aliphatic heterocycles. The van der Waals surface area contributed by atoms with Crippen LogP contribution < -0.4 is 0 Å². The molecule has 2 aromatic rings. The molecule has 190 valence electrons. The maximum absolute atomic E-state index is 13.8. The first-order valence-electron chi connectivity index (χ1n) is 13.3. The lowest BCUT2D eigenvalue weighted by atomic mass is 9.95. The van der Waals surface area contributed by atoms with Gasteiger partial charge in [-0.1, -0.05) is 60.3 Å². The minimum atomic E-state index is -0.311. The predicted octanol–water partition coefficient (Wildman–Crippen LogP) is 7.43. The van der Waals surface area contributed by atoms with E-state index < -0.39 is 0 Å². The second-order valence-electron chi connectivity index (χ2n) is 10.2. The summed E-state index contributed by atoms with van der Waals surface area (Å²) in [6.07, 6.45) is 26.3. The molecule has 0 fully saturated rings. The van der Waals surface area contributed by atoms with E-state index in [0.29, 0.717) is 17.4 Å². The van der Waals surface area contributed by atoms with Gasteiger partial charge in [0.1, 0.15) is 11.5 Å². The number of H-pyrrole nitrogens is 1. The molecule has 0 unspecified atom stereocenters. The van der Waals surface area contributed by atoms with Gasteiger partial charge in [-0.15, -0.1) is 0 Å². The van der Waals surface area contributed by atoms with Crippen molar-refractivity contribution in [2.24, 2.45) is 0 Å².